The first-order valence-electron chi connectivity index (χ1n) is 4.05. The van der Waals surface area contributed by atoms with E-state index in [1.165, 1.54) is 6.42 Å². The molecular formula is C7H14KO3P. The van der Waals surface area contributed by atoms with Crippen molar-refractivity contribution in [2.75, 3.05) is 6.66 Å². The monoisotopic (exact) mass is 216 g/mol. The van der Waals surface area contributed by atoms with Crippen molar-refractivity contribution < 1.29 is 65.4 Å². The molecule has 1 atom stereocenters. The third-order valence-electron chi connectivity index (χ3n) is 1.89. The first kappa shape index (κ1) is 13.8. The SMILES string of the molecule is CP(=O)([O-])OC1CCCCC1.[K+]. The summed E-state index contributed by atoms with van der Waals surface area (Å²) in [5.41, 5.74) is 0. The molecule has 0 saturated heterocycles. The molecule has 1 aliphatic carbocycles. The van der Waals surface area contributed by atoms with Crippen LogP contribution in [-0.4, -0.2) is 12.8 Å². The maximum atomic E-state index is 10.7. The van der Waals surface area contributed by atoms with Crippen LogP contribution in [0.2, 0.25) is 0 Å². The van der Waals surface area contributed by atoms with E-state index in [2.05, 4.69) is 0 Å². The average Bonchev–Trinajstić information content (AvgIpc) is 1.85. The van der Waals surface area contributed by atoms with Crippen LogP contribution in [0.3, 0.4) is 0 Å². The fourth-order valence-electron chi connectivity index (χ4n) is 1.44. The van der Waals surface area contributed by atoms with E-state index in [9.17, 15) is 9.46 Å². The summed E-state index contributed by atoms with van der Waals surface area (Å²) in [7, 11) is -3.48. The van der Waals surface area contributed by atoms with Gasteiger partial charge in [-0.1, -0.05) is 19.3 Å². The minimum atomic E-state index is -3.48. The largest absolute Gasteiger partial charge is 1.00 e. The molecule has 1 rings (SSSR count). The van der Waals surface area contributed by atoms with Crippen LogP contribution in [-0.2, 0) is 9.09 Å². The van der Waals surface area contributed by atoms with Gasteiger partial charge in [-0.15, -0.1) is 0 Å². The van der Waals surface area contributed by atoms with Gasteiger partial charge in [0.25, 0.3) is 0 Å². The van der Waals surface area contributed by atoms with Gasteiger partial charge in [0.1, 0.15) is 7.60 Å². The Kier molecular flexibility index (Phi) is 7.24. The molecule has 0 heterocycles. The van der Waals surface area contributed by atoms with Gasteiger partial charge in [0.15, 0.2) is 0 Å². The predicted molar refractivity (Wildman–Crippen MR) is 41.5 cm³/mol. The van der Waals surface area contributed by atoms with E-state index in [0.717, 1.165) is 32.3 Å². The van der Waals surface area contributed by atoms with Crippen molar-refractivity contribution in [2.24, 2.45) is 0 Å². The third-order valence-corrected chi connectivity index (χ3v) is 2.57. The van der Waals surface area contributed by atoms with Gasteiger partial charge in [0.2, 0.25) is 0 Å². The zero-order valence-electron chi connectivity index (χ0n) is 7.78. The third kappa shape index (κ3) is 6.27. The number of hydrogen-bond acceptors (Lipinski definition) is 3. The predicted octanol–water partition coefficient (Wildman–Crippen LogP) is -1.48. The molecule has 1 unspecified atom stereocenters. The molecule has 1 fully saturated rings. The summed E-state index contributed by atoms with van der Waals surface area (Å²) in [6.07, 6.45) is 5.19. The van der Waals surface area contributed by atoms with Crippen LogP contribution in [0.25, 0.3) is 0 Å². The maximum absolute atomic E-state index is 10.7. The van der Waals surface area contributed by atoms with E-state index < -0.39 is 7.60 Å². The van der Waals surface area contributed by atoms with Crippen LogP contribution in [0.15, 0.2) is 0 Å². The van der Waals surface area contributed by atoms with Crippen LogP contribution in [0.1, 0.15) is 32.1 Å². The van der Waals surface area contributed by atoms with Crippen LogP contribution < -0.4 is 56.3 Å². The van der Waals surface area contributed by atoms with Gasteiger partial charge in [-0.25, -0.2) is 0 Å². The molecular weight excluding hydrogens is 202 g/mol. The molecule has 3 nitrogen and oxygen atoms in total. The van der Waals surface area contributed by atoms with E-state index in [1.54, 1.807) is 0 Å². The van der Waals surface area contributed by atoms with Crippen LogP contribution >= 0.6 is 7.60 Å². The Morgan fingerprint density at radius 3 is 2.25 bits per heavy atom. The van der Waals surface area contributed by atoms with E-state index in [1.807, 2.05) is 0 Å². The van der Waals surface area contributed by atoms with Crippen LogP contribution in [0.5, 0.6) is 0 Å². The molecule has 12 heavy (non-hydrogen) atoms. The van der Waals surface area contributed by atoms with Crippen molar-refractivity contribution in [2.45, 2.75) is 38.2 Å². The second-order valence-corrected chi connectivity index (χ2v) is 4.89. The van der Waals surface area contributed by atoms with E-state index >= 15 is 0 Å². The summed E-state index contributed by atoms with van der Waals surface area (Å²) >= 11 is 0. The molecule has 0 radical (unpaired) electrons. The molecule has 0 aromatic carbocycles. The molecule has 0 aromatic rings. The number of rotatable bonds is 2. The van der Waals surface area contributed by atoms with Gasteiger partial charge in [0, 0.05) is 6.66 Å². The minimum Gasteiger partial charge on any atom is -0.779 e. The summed E-state index contributed by atoms with van der Waals surface area (Å²) < 4.78 is 15.6. The summed E-state index contributed by atoms with van der Waals surface area (Å²) in [6, 6.07) is 0. The Morgan fingerprint density at radius 2 is 1.83 bits per heavy atom. The molecule has 1 aliphatic rings. The Hall–Kier alpha value is 1.79. The summed E-state index contributed by atoms with van der Waals surface area (Å²) in [5, 5.41) is 0. The van der Waals surface area contributed by atoms with Gasteiger partial charge in [0.05, 0.1) is 6.10 Å². The quantitative estimate of drug-likeness (QED) is 0.418. The summed E-state index contributed by atoms with van der Waals surface area (Å²) in [6.45, 7) is 1.14. The Morgan fingerprint density at radius 1 is 1.33 bits per heavy atom. The minimum absolute atomic E-state index is 0. The molecule has 0 bridgehead atoms. The zero-order valence-corrected chi connectivity index (χ0v) is 11.8. The number of hydrogen-bond donors (Lipinski definition) is 0. The van der Waals surface area contributed by atoms with E-state index in [0.29, 0.717) is 0 Å². The normalized spacial score (nSPS) is 24.2. The van der Waals surface area contributed by atoms with E-state index in [-0.39, 0.29) is 57.5 Å². The fraction of sp³-hybridized carbons (Fsp3) is 1.00. The second kappa shape index (κ2) is 6.30. The Bertz CT molecular complexity index is 162. The van der Waals surface area contributed by atoms with E-state index in [4.69, 9.17) is 4.52 Å². The Balaban J connectivity index is 0.00000121. The molecule has 5 heteroatoms. The van der Waals surface area contributed by atoms with Crippen molar-refractivity contribution >= 4 is 7.60 Å². The van der Waals surface area contributed by atoms with Crippen molar-refractivity contribution in [3.63, 3.8) is 0 Å². The second-order valence-electron chi connectivity index (χ2n) is 3.14. The molecule has 0 N–H and O–H groups in total. The van der Waals surface area contributed by atoms with Gasteiger partial charge >= 0.3 is 51.4 Å². The molecule has 1 saturated carbocycles. The van der Waals surface area contributed by atoms with Gasteiger partial charge in [-0.3, -0.25) is 0 Å². The fourth-order valence-corrected chi connectivity index (χ4v) is 2.19. The van der Waals surface area contributed by atoms with Crippen LogP contribution in [0.4, 0.5) is 0 Å². The van der Waals surface area contributed by atoms with Gasteiger partial charge < -0.3 is 14.0 Å². The molecule has 66 valence electrons. The first-order valence-corrected chi connectivity index (χ1v) is 6.04. The smallest absolute Gasteiger partial charge is 0.779 e. The van der Waals surface area contributed by atoms with Gasteiger partial charge in [-0.05, 0) is 12.8 Å². The molecule has 0 spiro atoms. The molecule has 0 aliphatic heterocycles. The Labute approximate surface area is 116 Å². The van der Waals surface area contributed by atoms with Crippen molar-refractivity contribution in [1.82, 2.24) is 0 Å². The van der Waals surface area contributed by atoms with Crippen LogP contribution in [0, 0.1) is 0 Å². The van der Waals surface area contributed by atoms with Gasteiger partial charge in [-0.2, -0.15) is 0 Å². The zero-order chi connectivity index (χ0) is 8.32. The first-order chi connectivity index (χ1) is 5.08. The van der Waals surface area contributed by atoms with Crippen molar-refractivity contribution in [3.05, 3.63) is 0 Å². The van der Waals surface area contributed by atoms with Crippen molar-refractivity contribution in [1.29, 1.82) is 0 Å². The standard InChI is InChI=1S/C7H15O3P.K/c1-11(8,9)10-7-5-3-2-4-6-7;/h7H,2-6H2,1H3,(H,8,9);/q;+1/p-1. The van der Waals surface area contributed by atoms with Crippen molar-refractivity contribution in [3.8, 4) is 0 Å². The molecule has 0 aromatic heterocycles. The summed E-state index contributed by atoms with van der Waals surface area (Å²) in [5.74, 6) is 0. The summed E-state index contributed by atoms with van der Waals surface area (Å²) in [4.78, 5) is 10.7. The topological polar surface area (TPSA) is 49.4 Å². The molecule has 0 amide bonds. The maximum Gasteiger partial charge on any atom is 1.00 e. The average molecular weight is 216 g/mol.